The number of benzene rings is 2. The molecular weight excluding hydrogens is 448 g/mol. The number of hydrogen-bond acceptors (Lipinski definition) is 5. The standard InChI is InChI=1S/C27H30N2O6/c30-24(31)12-23(25(32)28-15-27(34)13-16-9-10-17(27)11-16)29-26(33)35-14-22-20-7-3-1-5-18(20)19-6-2-4-8-21(19)22/h1-8,16-17,22-23,34H,9-15H2,(H,28,32)(H,29,33)(H,30,31). The summed E-state index contributed by atoms with van der Waals surface area (Å²) < 4.78 is 5.47. The van der Waals surface area contributed by atoms with Crippen molar-refractivity contribution in [2.24, 2.45) is 11.8 Å². The number of fused-ring (bicyclic) bond motifs is 5. The van der Waals surface area contributed by atoms with E-state index in [1.807, 2.05) is 48.5 Å². The highest BCUT2D eigenvalue weighted by molar-refractivity contribution is 5.89. The van der Waals surface area contributed by atoms with E-state index >= 15 is 0 Å². The molecule has 2 bridgehead atoms. The fourth-order valence-electron chi connectivity index (χ4n) is 6.16. The minimum atomic E-state index is -1.30. The summed E-state index contributed by atoms with van der Waals surface area (Å²) in [5.74, 6) is -1.37. The van der Waals surface area contributed by atoms with E-state index in [0.29, 0.717) is 12.3 Å². The molecule has 2 saturated carbocycles. The second-order valence-corrected chi connectivity index (χ2v) is 10.0. The van der Waals surface area contributed by atoms with Crippen molar-refractivity contribution in [3.05, 3.63) is 59.7 Å². The van der Waals surface area contributed by atoms with Crippen LogP contribution >= 0.6 is 0 Å². The molecule has 3 aliphatic carbocycles. The summed E-state index contributed by atoms with van der Waals surface area (Å²) in [6.07, 6.45) is 2.21. The smallest absolute Gasteiger partial charge is 0.407 e. The first-order valence-corrected chi connectivity index (χ1v) is 12.2. The Kier molecular flexibility index (Phi) is 6.23. The normalized spacial score (nSPS) is 24.9. The molecule has 2 aromatic carbocycles. The molecule has 0 spiro atoms. The van der Waals surface area contributed by atoms with Gasteiger partial charge in [-0.1, -0.05) is 48.5 Å². The molecule has 2 amide bonds. The zero-order valence-electron chi connectivity index (χ0n) is 19.4. The summed E-state index contributed by atoms with van der Waals surface area (Å²) >= 11 is 0. The molecule has 0 radical (unpaired) electrons. The van der Waals surface area contributed by atoms with Gasteiger partial charge in [-0.15, -0.1) is 0 Å². The minimum absolute atomic E-state index is 0.0511. The SMILES string of the molecule is O=C(O)CC(NC(=O)OCC1c2ccccc2-c2ccccc21)C(=O)NCC1(O)CC2CCC1C2. The van der Waals surface area contributed by atoms with E-state index in [2.05, 4.69) is 10.6 Å². The first-order valence-electron chi connectivity index (χ1n) is 12.2. The van der Waals surface area contributed by atoms with Gasteiger partial charge in [-0.2, -0.15) is 0 Å². The van der Waals surface area contributed by atoms with Crippen LogP contribution in [0.15, 0.2) is 48.5 Å². The average molecular weight is 479 g/mol. The van der Waals surface area contributed by atoms with Gasteiger partial charge >= 0.3 is 12.1 Å². The summed E-state index contributed by atoms with van der Waals surface area (Å²) in [5, 5.41) is 25.2. The second kappa shape index (κ2) is 9.34. The van der Waals surface area contributed by atoms with Gasteiger partial charge in [0.1, 0.15) is 12.6 Å². The van der Waals surface area contributed by atoms with E-state index in [9.17, 15) is 24.6 Å². The van der Waals surface area contributed by atoms with Crippen LogP contribution in [0.2, 0.25) is 0 Å². The number of hydrogen-bond donors (Lipinski definition) is 4. The largest absolute Gasteiger partial charge is 0.481 e. The highest BCUT2D eigenvalue weighted by Crippen LogP contribution is 2.50. The molecule has 0 heterocycles. The maximum Gasteiger partial charge on any atom is 0.407 e. The summed E-state index contributed by atoms with van der Waals surface area (Å²) in [5.41, 5.74) is 3.34. The van der Waals surface area contributed by atoms with Crippen LogP contribution in [0.1, 0.15) is 49.1 Å². The minimum Gasteiger partial charge on any atom is -0.481 e. The molecule has 2 fully saturated rings. The molecule has 4 N–H and O–H groups in total. The van der Waals surface area contributed by atoms with Crippen molar-refractivity contribution in [3.8, 4) is 11.1 Å². The molecule has 0 saturated heterocycles. The number of aliphatic carboxylic acids is 1. The molecule has 4 unspecified atom stereocenters. The Morgan fingerprint density at radius 1 is 1.03 bits per heavy atom. The maximum atomic E-state index is 12.8. The van der Waals surface area contributed by atoms with Gasteiger partial charge in [0.15, 0.2) is 0 Å². The van der Waals surface area contributed by atoms with Crippen molar-refractivity contribution in [1.29, 1.82) is 0 Å². The summed E-state index contributed by atoms with van der Waals surface area (Å²) in [7, 11) is 0. The van der Waals surface area contributed by atoms with Gasteiger partial charge in [0.25, 0.3) is 0 Å². The lowest BCUT2D eigenvalue weighted by molar-refractivity contribution is -0.140. The lowest BCUT2D eigenvalue weighted by Crippen LogP contribution is -2.53. The molecule has 0 aliphatic heterocycles. The lowest BCUT2D eigenvalue weighted by atomic mass is 9.84. The summed E-state index contributed by atoms with van der Waals surface area (Å²) in [6.45, 7) is 0.111. The van der Waals surface area contributed by atoms with Crippen molar-refractivity contribution < 1.29 is 29.3 Å². The molecule has 8 heteroatoms. The number of carboxylic acids is 1. The van der Waals surface area contributed by atoms with Crippen LogP contribution in [-0.4, -0.2) is 53.0 Å². The molecule has 184 valence electrons. The van der Waals surface area contributed by atoms with Crippen molar-refractivity contribution in [3.63, 3.8) is 0 Å². The van der Waals surface area contributed by atoms with E-state index < -0.39 is 36.0 Å². The molecule has 3 aliphatic rings. The Morgan fingerprint density at radius 3 is 2.26 bits per heavy atom. The first-order chi connectivity index (χ1) is 16.8. The summed E-state index contributed by atoms with van der Waals surface area (Å²) in [6, 6.07) is 14.6. The van der Waals surface area contributed by atoms with Gasteiger partial charge in [-0.05, 0) is 59.8 Å². The van der Waals surface area contributed by atoms with Gasteiger partial charge in [-0.25, -0.2) is 4.79 Å². The Balaban J connectivity index is 1.20. The molecular formula is C27H30N2O6. The third kappa shape index (κ3) is 4.62. The van der Waals surface area contributed by atoms with E-state index in [1.54, 1.807) is 0 Å². The number of carbonyl (C=O) groups is 3. The van der Waals surface area contributed by atoms with Crippen LogP contribution in [0.5, 0.6) is 0 Å². The van der Waals surface area contributed by atoms with Crippen LogP contribution in [0.4, 0.5) is 4.79 Å². The van der Waals surface area contributed by atoms with Crippen molar-refractivity contribution in [1.82, 2.24) is 10.6 Å². The van der Waals surface area contributed by atoms with E-state index in [-0.39, 0.29) is 25.0 Å². The monoisotopic (exact) mass is 478 g/mol. The highest BCUT2D eigenvalue weighted by atomic mass is 16.5. The Bertz CT molecular complexity index is 1100. The van der Waals surface area contributed by atoms with E-state index in [4.69, 9.17) is 4.74 Å². The fourth-order valence-corrected chi connectivity index (χ4v) is 6.16. The predicted molar refractivity (Wildman–Crippen MR) is 128 cm³/mol. The third-order valence-electron chi connectivity index (χ3n) is 7.84. The number of rotatable bonds is 8. The molecule has 0 aromatic heterocycles. The lowest BCUT2D eigenvalue weighted by Gasteiger charge is -2.33. The quantitative estimate of drug-likeness (QED) is 0.462. The van der Waals surface area contributed by atoms with Gasteiger partial charge in [0, 0.05) is 12.5 Å². The van der Waals surface area contributed by atoms with Crippen molar-refractivity contribution in [2.45, 2.75) is 49.7 Å². The number of carbonyl (C=O) groups excluding carboxylic acids is 2. The number of nitrogens with one attached hydrogen (secondary N) is 2. The highest BCUT2D eigenvalue weighted by Gasteiger charge is 2.50. The van der Waals surface area contributed by atoms with Crippen molar-refractivity contribution >= 4 is 18.0 Å². The van der Waals surface area contributed by atoms with Crippen LogP contribution in [0.3, 0.4) is 0 Å². The van der Waals surface area contributed by atoms with Crippen LogP contribution in [0, 0.1) is 11.8 Å². The molecule has 8 nitrogen and oxygen atoms in total. The van der Waals surface area contributed by atoms with Crippen LogP contribution in [-0.2, 0) is 14.3 Å². The Morgan fingerprint density at radius 2 is 1.69 bits per heavy atom. The number of carboxylic acid groups (broad SMARTS) is 1. The zero-order valence-corrected chi connectivity index (χ0v) is 19.4. The van der Waals surface area contributed by atoms with Crippen molar-refractivity contribution in [2.75, 3.05) is 13.2 Å². The Labute approximate surface area is 203 Å². The molecule has 2 aromatic rings. The number of aliphatic hydroxyl groups is 1. The zero-order chi connectivity index (χ0) is 24.6. The molecule has 35 heavy (non-hydrogen) atoms. The van der Waals surface area contributed by atoms with E-state index in [1.165, 1.54) is 0 Å². The third-order valence-corrected chi connectivity index (χ3v) is 7.84. The number of ether oxygens (including phenoxy) is 1. The van der Waals surface area contributed by atoms with Gasteiger partial charge in [0.05, 0.1) is 12.0 Å². The van der Waals surface area contributed by atoms with Gasteiger partial charge < -0.3 is 25.6 Å². The fraction of sp³-hybridized carbons (Fsp3) is 0.444. The number of alkyl carbamates (subject to hydrolysis) is 1. The second-order valence-electron chi connectivity index (χ2n) is 10.0. The Hall–Kier alpha value is -3.39. The van der Waals surface area contributed by atoms with Crippen LogP contribution < -0.4 is 10.6 Å². The topological polar surface area (TPSA) is 125 Å². The summed E-state index contributed by atoms with van der Waals surface area (Å²) in [4.78, 5) is 36.7. The predicted octanol–water partition coefficient (Wildman–Crippen LogP) is 3.04. The maximum absolute atomic E-state index is 12.8. The average Bonchev–Trinajstić information content (AvgIpc) is 3.52. The molecule has 5 rings (SSSR count). The van der Waals surface area contributed by atoms with Gasteiger partial charge in [0.2, 0.25) is 5.91 Å². The van der Waals surface area contributed by atoms with Crippen LogP contribution in [0.25, 0.3) is 11.1 Å². The molecule has 4 atom stereocenters. The van der Waals surface area contributed by atoms with Gasteiger partial charge in [-0.3, -0.25) is 9.59 Å². The first kappa shape index (κ1) is 23.4. The van der Waals surface area contributed by atoms with E-state index in [0.717, 1.165) is 41.5 Å². The number of amides is 2.